The van der Waals surface area contributed by atoms with Crippen molar-refractivity contribution in [1.29, 1.82) is 0 Å². The van der Waals surface area contributed by atoms with Crippen LogP contribution in [0, 0.1) is 5.41 Å². The van der Waals surface area contributed by atoms with Crippen LogP contribution in [0.5, 0.6) is 5.75 Å². The van der Waals surface area contributed by atoms with Crippen LogP contribution in [0.4, 0.5) is 0 Å². The highest BCUT2D eigenvalue weighted by atomic mass is 16.5. The maximum Gasteiger partial charge on any atom is 0.274 e. The smallest absolute Gasteiger partial charge is 0.274 e. The Labute approximate surface area is 174 Å². The van der Waals surface area contributed by atoms with Crippen molar-refractivity contribution in [3.8, 4) is 5.75 Å². The summed E-state index contributed by atoms with van der Waals surface area (Å²) >= 11 is 0. The van der Waals surface area contributed by atoms with E-state index in [0.29, 0.717) is 24.8 Å². The number of rotatable bonds is 7. The Hall–Kier alpha value is -2.34. The molecule has 1 unspecified atom stereocenters. The minimum atomic E-state index is 0.0101. The molecule has 1 aliphatic heterocycles. The van der Waals surface area contributed by atoms with Crippen LogP contribution in [0.25, 0.3) is 0 Å². The normalized spacial score (nSPS) is 17.2. The number of ether oxygens (including phenoxy) is 1. The average Bonchev–Trinajstić information content (AvgIpc) is 3.21. The van der Waals surface area contributed by atoms with Gasteiger partial charge in [-0.2, -0.15) is 5.10 Å². The molecule has 158 valence electrons. The summed E-state index contributed by atoms with van der Waals surface area (Å²) in [6.45, 7) is 9.82. The summed E-state index contributed by atoms with van der Waals surface area (Å²) in [5, 5.41) is 8.04. The second kappa shape index (κ2) is 9.44. The fraction of sp³-hybridized carbons (Fsp3) is 0.565. The zero-order valence-corrected chi connectivity index (χ0v) is 18.1. The average molecular weight is 399 g/mol. The van der Waals surface area contributed by atoms with Gasteiger partial charge in [0, 0.05) is 25.8 Å². The Morgan fingerprint density at radius 2 is 2.03 bits per heavy atom. The van der Waals surface area contributed by atoms with E-state index in [2.05, 4.69) is 43.3 Å². The molecule has 0 aliphatic carbocycles. The van der Waals surface area contributed by atoms with Crippen LogP contribution >= 0.6 is 0 Å². The number of amides is 1. The minimum absolute atomic E-state index is 0.0101. The highest BCUT2D eigenvalue weighted by molar-refractivity contribution is 5.92. The van der Waals surface area contributed by atoms with Gasteiger partial charge in [0.1, 0.15) is 11.4 Å². The number of hydrogen-bond acceptors (Lipinski definition) is 4. The largest absolute Gasteiger partial charge is 0.497 e. The summed E-state index contributed by atoms with van der Waals surface area (Å²) in [7, 11) is 1.67. The number of benzene rings is 1. The van der Waals surface area contributed by atoms with E-state index in [1.54, 1.807) is 7.11 Å². The molecule has 2 aromatic rings. The van der Waals surface area contributed by atoms with Crippen LogP contribution in [-0.2, 0) is 6.42 Å². The molecule has 29 heavy (non-hydrogen) atoms. The molecule has 1 aromatic heterocycles. The second-order valence-electron chi connectivity index (χ2n) is 9.07. The van der Waals surface area contributed by atoms with Crippen LogP contribution in [0.3, 0.4) is 0 Å². The Balaban J connectivity index is 1.69. The first-order valence-electron chi connectivity index (χ1n) is 10.5. The van der Waals surface area contributed by atoms with Gasteiger partial charge >= 0.3 is 0 Å². The topological polar surface area (TPSA) is 59.4 Å². The van der Waals surface area contributed by atoms with Crippen molar-refractivity contribution < 1.29 is 9.53 Å². The third-order valence-electron chi connectivity index (χ3n) is 5.25. The molecule has 0 saturated carbocycles. The van der Waals surface area contributed by atoms with E-state index >= 15 is 0 Å². The van der Waals surface area contributed by atoms with Crippen molar-refractivity contribution in [1.82, 2.24) is 20.0 Å². The summed E-state index contributed by atoms with van der Waals surface area (Å²) in [6.07, 6.45) is 5.00. The molecular weight excluding hydrogens is 364 g/mol. The third kappa shape index (κ3) is 6.07. The van der Waals surface area contributed by atoms with Gasteiger partial charge in [0.2, 0.25) is 0 Å². The lowest BCUT2D eigenvalue weighted by molar-refractivity contribution is 0.0690. The van der Waals surface area contributed by atoms with Gasteiger partial charge < -0.3 is 15.0 Å². The van der Waals surface area contributed by atoms with Gasteiger partial charge in [-0.15, -0.1) is 0 Å². The van der Waals surface area contributed by atoms with Gasteiger partial charge in [-0.3, -0.25) is 9.48 Å². The van der Waals surface area contributed by atoms with Crippen molar-refractivity contribution in [3.63, 3.8) is 0 Å². The highest BCUT2D eigenvalue weighted by Gasteiger charge is 2.25. The Bertz CT molecular complexity index is 786. The van der Waals surface area contributed by atoms with E-state index < -0.39 is 0 Å². The molecule has 2 heterocycles. The fourth-order valence-corrected chi connectivity index (χ4v) is 3.76. The zero-order valence-electron chi connectivity index (χ0n) is 18.1. The van der Waals surface area contributed by atoms with Crippen LogP contribution in [0.1, 0.15) is 55.7 Å². The summed E-state index contributed by atoms with van der Waals surface area (Å²) < 4.78 is 7.19. The summed E-state index contributed by atoms with van der Waals surface area (Å²) in [4.78, 5) is 15.2. The SMILES string of the molecule is COc1ccc(CCN(CC(C)(C)C)C(=O)c2ccn(C3CCCNC3)n2)cc1. The molecule has 1 fully saturated rings. The molecule has 1 aromatic carbocycles. The first-order valence-corrected chi connectivity index (χ1v) is 10.5. The molecule has 6 heteroatoms. The minimum Gasteiger partial charge on any atom is -0.497 e. The number of piperidine rings is 1. The van der Waals surface area contributed by atoms with Gasteiger partial charge in [0.15, 0.2) is 0 Å². The van der Waals surface area contributed by atoms with Crippen molar-refractivity contribution in [3.05, 3.63) is 47.8 Å². The Morgan fingerprint density at radius 1 is 1.28 bits per heavy atom. The number of carbonyl (C=O) groups is 1. The molecule has 0 spiro atoms. The third-order valence-corrected chi connectivity index (χ3v) is 5.25. The molecular formula is C23H34N4O2. The maximum atomic E-state index is 13.3. The van der Waals surface area contributed by atoms with E-state index in [0.717, 1.165) is 38.1 Å². The van der Waals surface area contributed by atoms with Gasteiger partial charge in [-0.1, -0.05) is 32.9 Å². The zero-order chi connectivity index (χ0) is 20.9. The Kier molecular flexibility index (Phi) is 6.96. The van der Waals surface area contributed by atoms with Crippen molar-refractivity contribution >= 4 is 5.91 Å². The van der Waals surface area contributed by atoms with E-state index in [4.69, 9.17) is 4.74 Å². The van der Waals surface area contributed by atoms with Crippen LogP contribution in [0.15, 0.2) is 36.5 Å². The lowest BCUT2D eigenvalue weighted by Crippen LogP contribution is -2.39. The van der Waals surface area contributed by atoms with Crippen LogP contribution in [0.2, 0.25) is 0 Å². The van der Waals surface area contributed by atoms with Crippen LogP contribution in [-0.4, -0.2) is 53.9 Å². The molecule has 1 saturated heterocycles. The van der Waals surface area contributed by atoms with Crippen molar-refractivity contribution in [2.24, 2.45) is 5.41 Å². The standard InChI is InChI=1S/C23H34N4O2/c1-23(2,3)17-26(14-11-18-7-9-20(29-4)10-8-18)22(28)21-12-15-27(25-21)19-6-5-13-24-16-19/h7-10,12,15,19,24H,5-6,11,13-14,16-17H2,1-4H3. The number of aromatic nitrogens is 2. The van der Waals surface area contributed by atoms with E-state index in [1.165, 1.54) is 5.56 Å². The summed E-state index contributed by atoms with van der Waals surface area (Å²) in [5.74, 6) is 0.857. The monoisotopic (exact) mass is 398 g/mol. The predicted molar refractivity (Wildman–Crippen MR) is 115 cm³/mol. The predicted octanol–water partition coefficient (Wildman–Crippen LogP) is 3.55. The maximum absolute atomic E-state index is 13.3. The first-order chi connectivity index (χ1) is 13.9. The highest BCUT2D eigenvalue weighted by Crippen LogP contribution is 2.20. The van der Waals surface area contributed by atoms with Crippen LogP contribution < -0.4 is 10.1 Å². The Morgan fingerprint density at radius 3 is 2.66 bits per heavy atom. The van der Waals surface area contributed by atoms with Crippen molar-refractivity contribution in [2.75, 3.05) is 33.3 Å². The van der Waals surface area contributed by atoms with Gasteiger partial charge in [0.05, 0.1) is 13.2 Å². The number of nitrogens with one attached hydrogen (secondary N) is 1. The number of methoxy groups -OCH3 is 1. The van der Waals surface area contributed by atoms with E-state index in [-0.39, 0.29) is 11.3 Å². The quantitative estimate of drug-likeness (QED) is 0.775. The summed E-state index contributed by atoms with van der Waals surface area (Å²) in [5.41, 5.74) is 1.75. The number of hydrogen-bond donors (Lipinski definition) is 1. The number of carbonyl (C=O) groups excluding carboxylic acids is 1. The molecule has 1 atom stereocenters. The van der Waals surface area contributed by atoms with Gasteiger partial charge in [-0.25, -0.2) is 0 Å². The van der Waals surface area contributed by atoms with Gasteiger partial charge in [-0.05, 0) is 55.0 Å². The summed E-state index contributed by atoms with van der Waals surface area (Å²) in [6, 6.07) is 10.2. The van der Waals surface area contributed by atoms with Gasteiger partial charge in [0.25, 0.3) is 5.91 Å². The lowest BCUT2D eigenvalue weighted by atomic mass is 9.95. The second-order valence-corrected chi connectivity index (χ2v) is 9.07. The van der Waals surface area contributed by atoms with E-state index in [1.807, 2.05) is 34.0 Å². The molecule has 1 aliphatic rings. The molecule has 1 amide bonds. The van der Waals surface area contributed by atoms with Crippen molar-refractivity contribution in [2.45, 2.75) is 46.1 Å². The fourth-order valence-electron chi connectivity index (χ4n) is 3.76. The lowest BCUT2D eigenvalue weighted by Gasteiger charge is -2.30. The molecule has 3 rings (SSSR count). The first kappa shape index (κ1) is 21.4. The molecule has 6 nitrogen and oxygen atoms in total. The molecule has 0 radical (unpaired) electrons. The molecule has 0 bridgehead atoms. The number of nitrogens with zero attached hydrogens (tertiary/aromatic N) is 3. The molecule has 1 N–H and O–H groups in total. The van der Waals surface area contributed by atoms with E-state index in [9.17, 15) is 4.79 Å².